The molecule has 0 spiro atoms. The van der Waals surface area contributed by atoms with Gasteiger partial charge in [-0.05, 0) is 56.6 Å². The van der Waals surface area contributed by atoms with Crippen molar-refractivity contribution in [3.05, 3.63) is 0 Å². The number of carboxylic acid groups (broad SMARTS) is 2. The van der Waals surface area contributed by atoms with Gasteiger partial charge < -0.3 is 37.6 Å². The van der Waals surface area contributed by atoms with E-state index in [-0.39, 0.29) is 18.8 Å². The van der Waals surface area contributed by atoms with E-state index in [1.54, 1.807) is 0 Å². The summed E-state index contributed by atoms with van der Waals surface area (Å²) in [4.78, 5) is 60.8. The highest BCUT2D eigenvalue weighted by Crippen LogP contribution is 2.08. The number of carbonyl (C=O) groups is 5. The van der Waals surface area contributed by atoms with E-state index in [4.69, 9.17) is 11.5 Å². The number of nitrogens with one attached hydrogen (secondary N) is 3. The van der Waals surface area contributed by atoms with Crippen molar-refractivity contribution in [2.75, 3.05) is 18.6 Å². The molecule has 3 amide bonds. The number of nitrogens with two attached hydrogens (primary N) is 2. The summed E-state index contributed by atoms with van der Waals surface area (Å²) in [6.07, 6.45) is 2.86. The highest BCUT2D eigenvalue weighted by atomic mass is 32.2. The molecule has 0 aromatic carbocycles. The first-order valence-electron chi connectivity index (χ1n) is 11.2. The lowest BCUT2D eigenvalue weighted by Gasteiger charge is -2.25. The van der Waals surface area contributed by atoms with Crippen molar-refractivity contribution < 1.29 is 34.2 Å². The second-order valence-corrected chi connectivity index (χ2v) is 9.41. The molecule has 0 fully saturated rings. The second-order valence-electron chi connectivity index (χ2n) is 8.42. The minimum Gasteiger partial charge on any atom is -0.481 e. The molecule has 0 aromatic rings. The maximum absolute atomic E-state index is 12.9. The Balaban J connectivity index is 5.43. The fraction of sp³-hybridized carbons (Fsp3) is 0.762. The van der Waals surface area contributed by atoms with Gasteiger partial charge in [0.2, 0.25) is 17.7 Å². The Morgan fingerprint density at radius 3 is 1.91 bits per heavy atom. The molecule has 0 radical (unpaired) electrons. The fourth-order valence-corrected chi connectivity index (χ4v) is 3.53. The quantitative estimate of drug-likeness (QED) is 0.116. The third-order valence-corrected chi connectivity index (χ3v) is 5.53. The van der Waals surface area contributed by atoms with Crippen LogP contribution in [-0.4, -0.2) is 82.6 Å². The zero-order valence-electron chi connectivity index (χ0n) is 20.0. The Morgan fingerprint density at radius 2 is 1.41 bits per heavy atom. The standard InChI is InChI=1S/C21H39N5O7S/c1-12(2)10-15(25-18(29)13(23)7-9-34-3)19(30)26-16(11-17(27)28)20(31)24-14(21(32)33)6-4-5-8-22/h12-16H,4-11,22-23H2,1-3H3,(H,24,31)(H,25,29)(H,26,30)(H,27,28)(H,32,33). The van der Waals surface area contributed by atoms with Crippen LogP contribution in [-0.2, 0) is 24.0 Å². The molecule has 0 saturated carbocycles. The molecule has 0 saturated heterocycles. The van der Waals surface area contributed by atoms with Crippen LogP contribution in [0.3, 0.4) is 0 Å². The van der Waals surface area contributed by atoms with Crippen LogP contribution >= 0.6 is 11.8 Å². The van der Waals surface area contributed by atoms with Gasteiger partial charge in [0.1, 0.15) is 18.1 Å². The van der Waals surface area contributed by atoms with Crippen LogP contribution in [0.5, 0.6) is 0 Å². The van der Waals surface area contributed by atoms with Gasteiger partial charge >= 0.3 is 11.9 Å². The van der Waals surface area contributed by atoms with Gasteiger partial charge in [0, 0.05) is 0 Å². The van der Waals surface area contributed by atoms with Crippen LogP contribution in [0.2, 0.25) is 0 Å². The second kappa shape index (κ2) is 17.1. The number of carboxylic acids is 2. The average Bonchev–Trinajstić information content (AvgIpc) is 2.74. The molecule has 0 bridgehead atoms. The molecule has 0 heterocycles. The van der Waals surface area contributed by atoms with Crippen molar-refractivity contribution >= 4 is 41.4 Å². The Morgan fingerprint density at radius 1 is 0.853 bits per heavy atom. The van der Waals surface area contributed by atoms with Crippen molar-refractivity contribution in [1.29, 1.82) is 0 Å². The molecular weight excluding hydrogens is 466 g/mol. The predicted octanol–water partition coefficient (Wildman–Crippen LogP) is -0.744. The van der Waals surface area contributed by atoms with Gasteiger partial charge in [0.05, 0.1) is 12.5 Å². The SMILES string of the molecule is CSCCC(N)C(=O)NC(CC(C)C)C(=O)NC(CC(=O)O)C(=O)NC(CCCCN)C(=O)O. The smallest absolute Gasteiger partial charge is 0.326 e. The normalized spacial score (nSPS) is 14.5. The maximum atomic E-state index is 12.9. The number of hydrogen-bond donors (Lipinski definition) is 7. The molecule has 0 rings (SSSR count). The molecule has 196 valence electrons. The van der Waals surface area contributed by atoms with Crippen molar-refractivity contribution in [2.45, 2.75) is 76.5 Å². The van der Waals surface area contributed by atoms with Crippen LogP contribution < -0.4 is 27.4 Å². The molecule has 0 aliphatic carbocycles. The van der Waals surface area contributed by atoms with Gasteiger partial charge in [-0.2, -0.15) is 11.8 Å². The Bertz CT molecular complexity index is 692. The lowest BCUT2D eigenvalue weighted by Crippen LogP contribution is -2.57. The third kappa shape index (κ3) is 13.4. The van der Waals surface area contributed by atoms with Crippen LogP contribution in [0.15, 0.2) is 0 Å². The van der Waals surface area contributed by atoms with Crippen LogP contribution in [0, 0.1) is 5.92 Å². The number of thioether (sulfide) groups is 1. The topological polar surface area (TPSA) is 214 Å². The van der Waals surface area contributed by atoms with Crippen LogP contribution in [0.1, 0.15) is 52.4 Å². The number of carbonyl (C=O) groups excluding carboxylic acids is 3. The number of aliphatic carboxylic acids is 2. The monoisotopic (exact) mass is 505 g/mol. The lowest BCUT2D eigenvalue weighted by atomic mass is 10.0. The van der Waals surface area contributed by atoms with Gasteiger partial charge in [0.15, 0.2) is 0 Å². The number of hydrogen-bond acceptors (Lipinski definition) is 8. The Labute approximate surface area is 204 Å². The van der Waals surface area contributed by atoms with Gasteiger partial charge in [-0.25, -0.2) is 4.79 Å². The van der Waals surface area contributed by atoms with E-state index in [0.29, 0.717) is 31.6 Å². The van der Waals surface area contributed by atoms with E-state index >= 15 is 0 Å². The van der Waals surface area contributed by atoms with Gasteiger partial charge in [-0.15, -0.1) is 0 Å². The molecule has 4 unspecified atom stereocenters. The first kappa shape index (κ1) is 31.6. The van der Waals surface area contributed by atoms with Crippen LogP contribution in [0.25, 0.3) is 0 Å². The summed E-state index contributed by atoms with van der Waals surface area (Å²) >= 11 is 1.53. The first-order valence-corrected chi connectivity index (χ1v) is 12.6. The van der Waals surface area contributed by atoms with E-state index in [9.17, 15) is 34.2 Å². The number of rotatable bonds is 18. The first-order chi connectivity index (χ1) is 15.9. The molecule has 0 aromatic heterocycles. The summed E-state index contributed by atoms with van der Waals surface area (Å²) in [5, 5.41) is 25.8. The molecule has 12 nitrogen and oxygen atoms in total. The van der Waals surface area contributed by atoms with E-state index in [1.165, 1.54) is 11.8 Å². The van der Waals surface area contributed by atoms with Crippen molar-refractivity contribution in [1.82, 2.24) is 16.0 Å². The minimum absolute atomic E-state index is 0.0100. The highest BCUT2D eigenvalue weighted by Gasteiger charge is 2.31. The third-order valence-electron chi connectivity index (χ3n) is 4.88. The predicted molar refractivity (Wildman–Crippen MR) is 129 cm³/mol. The number of amides is 3. The summed E-state index contributed by atoms with van der Waals surface area (Å²) < 4.78 is 0. The fourth-order valence-electron chi connectivity index (χ4n) is 3.04. The van der Waals surface area contributed by atoms with Gasteiger partial charge in [-0.1, -0.05) is 13.8 Å². The van der Waals surface area contributed by atoms with E-state index in [2.05, 4.69) is 16.0 Å². The number of unbranched alkanes of at least 4 members (excludes halogenated alkanes) is 1. The van der Waals surface area contributed by atoms with Crippen molar-refractivity contribution in [3.8, 4) is 0 Å². The lowest BCUT2D eigenvalue weighted by molar-refractivity contribution is -0.143. The molecule has 13 heteroatoms. The molecule has 0 aliphatic heterocycles. The molecule has 0 aliphatic rings. The molecule has 4 atom stereocenters. The zero-order chi connectivity index (χ0) is 26.3. The summed E-state index contributed by atoms with van der Waals surface area (Å²) in [5.74, 6) is -4.22. The van der Waals surface area contributed by atoms with Gasteiger partial charge in [0.25, 0.3) is 0 Å². The van der Waals surface area contributed by atoms with E-state index in [1.807, 2.05) is 20.1 Å². The van der Waals surface area contributed by atoms with Crippen molar-refractivity contribution in [2.24, 2.45) is 17.4 Å². The molecule has 34 heavy (non-hydrogen) atoms. The maximum Gasteiger partial charge on any atom is 0.326 e. The largest absolute Gasteiger partial charge is 0.481 e. The summed E-state index contributed by atoms with van der Waals surface area (Å²) in [7, 11) is 0. The van der Waals surface area contributed by atoms with E-state index in [0.717, 1.165) is 0 Å². The highest BCUT2D eigenvalue weighted by molar-refractivity contribution is 7.98. The van der Waals surface area contributed by atoms with Crippen molar-refractivity contribution in [3.63, 3.8) is 0 Å². The summed E-state index contributed by atoms with van der Waals surface area (Å²) in [6.45, 7) is 4.03. The van der Waals surface area contributed by atoms with Gasteiger partial charge in [-0.3, -0.25) is 19.2 Å². The zero-order valence-corrected chi connectivity index (χ0v) is 20.9. The average molecular weight is 506 g/mol. The van der Waals surface area contributed by atoms with Crippen LogP contribution in [0.4, 0.5) is 0 Å². The van der Waals surface area contributed by atoms with E-state index < -0.39 is 60.2 Å². The molecule has 9 N–H and O–H groups in total. The molecular formula is C21H39N5O7S. The summed E-state index contributed by atoms with van der Waals surface area (Å²) in [6, 6.07) is -4.65. The minimum atomic E-state index is -1.53. The Hall–Kier alpha value is -2.38. The summed E-state index contributed by atoms with van der Waals surface area (Å²) in [5.41, 5.74) is 11.3. The Kier molecular flexibility index (Phi) is 15.9.